The van der Waals surface area contributed by atoms with Crippen molar-refractivity contribution in [2.75, 3.05) is 6.61 Å². The highest BCUT2D eigenvalue weighted by atomic mass is 127. The van der Waals surface area contributed by atoms with Crippen LogP contribution in [0.4, 0.5) is 0 Å². The number of benzene rings is 2. The Balaban J connectivity index is 1.92. The van der Waals surface area contributed by atoms with E-state index in [-0.39, 0.29) is 5.91 Å². The van der Waals surface area contributed by atoms with Crippen LogP contribution in [0.2, 0.25) is 0 Å². The van der Waals surface area contributed by atoms with Gasteiger partial charge in [-0.25, -0.2) is 0 Å². The van der Waals surface area contributed by atoms with Gasteiger partial charge in [-0.15, -0.1) is 0 Å². The predicted molar refractivity (Wildman–Crippen MR) is 105 cm³/mol. The normalized spacial score (nSPS) is 12.9. The Bertz CT molecular complexity index is 722. The first-order valence-electron chi connectivity index (χ1n) is 7.99. The maximum atomic E-state index is 12.3. The summed E-state index contributed by atoms with van der Waals surface area (Å²) in [5.74, 6) is -1.11. The van der Waals surface area contributed by atoms with Crippen molar-refractivity contribution < 1.29 is 14.7 Å². The first kappa shape index (κ1) is 19.4. The zero-order chi connectivity index (χ0) is 18.2. The van der Waals surface area contributed by atoms with Crippen molar-refractivity contribution in [2.24, 2.45) is 0 Å². The Hall–Kier alpha value is -1.93. The van der Waals surface area contributed by atoms with Gasteiger partial charge in [-0.1, -0.05) is 42.5 Å². The Morgan fingerprint density at radius 1 is 1.08 bits per heavy atom. The molecule has 5 nitrogen and oxygen atoms in total. The van der Waals surface area contributed by atoms with Crippen LogP contribution in [-0.2, 0) is 16.1 Å². The Morgan fingerprint density at radius 3 is 2.44 bits per heavy atom. The van der Waals surface area contributed by atoms with Crippen LogP contribution < -0.4 is 10.6 Å². The van der Waals surface area contributed by atoms with E-state index in [1.54, 1.807) is 6.92 Å². The third-order valence-corrected chi connectivity index (χ3v) is 4.54. The van der Waals surface area contributed by atoms with E-state index in [2.05, 4.69) is 33.2 Å². The molecule has 0 radical (unpaired) electrons. The Morgan fingerprint density at radius 2 is 1.80 bits per heavy atom. The minimum atomic E-state index is -0.971. The zero-order valence-corrected chi connectivity index (χ0v) is 16.1. The molecule has 1 unspecified atom stereocenters. The molecule has 2 amide bonds. The molecule has 0 aliphatic heterocycles. The van der Waals surface area contributed by atoms with Crippen LogP contribution in [0.1, 0.15) is 24.0 Å². The molecule has 0 saturated heterocycles. The molecular formula is C19H21IN2O3. The largest absolute Gasteiger partial charge is 0.394 e. The number of carbonyl (C=O) groups excluding carboxylic acids is 2. The van der Waals surface area contributed by atoms with Gasteiger partial charge in [0.05, 0.1) is 12.5 Å². The molecule has 25 heavy (non-hydrogen) atoms. The summed E-state index contributed by atoms with van der Waals surface area (Å²) in [7, 11) is 0. The van der Waals surface area contributed by atoms with Gasteiger partial charge in [0, 0.05) is 10.1 Å². The molecule has 0 heterocycles. The molecule has 3 N–H and O–H groups in total. The van der Waals surface area contributed by atoms with Crippen molar-refractivity contribution in [2.45, 2.75) is 25.4 Å². The maximum Gasteiger partial charge on any atom is 0.245 e. The van der Waals surface area contributed by atoms with Gasteiger partial charge in [0.2, 0.25) is 11.8 Å². The summed E-state index contributed by atoms with van der Waals surface area (Å²) in [5.41, 5.74) is 1.82. The van der Waals surface area contributed by atoms with Gasteiger partial charge in [0.25, 0.3) is 0 Å². The lowest BCUT2D eigenvalue weighted by molar-refractivity contribution is -0.130. The number of aliphatic hydroxyl groups excluding tert-OH is 1. The summed E-state index contributed by atoms with van der Waals surface area (Å²) in [6.45, 7) is 1.66. The topological polar surface area (TPSA) is 78.4 Å². The molecule has 0 fully saturated rings. The van der Waals surface area contributed by atoms with E-state index >= 15 is 0 Å². The number of carbonyl (C=O) groups is 2. The minimum absolute atomic E-state index is 0.297. The van der Waals surface area contributed by atoms with Crippen molar-refractivity contribution in [3.8, 4) is 0 Å². The van der Waals surface area contributed by atoms with Gasteiger partial charge in [-0.2, -0.15) is 0 Å². The smallest absolute Gasteiger partial charge is 0.245 e. The number of amides is 2. The lowest BCUT2D eigenvalue weighted by Gasteiger charge is -2.19. The Labute approximate surface area is 161 Å². The number of halogens is 1. The molecule has 0 saturated carbocycles. The molecule has 0 aliphatic rings. The Kier molecular flexibility index (Phi) is 7.39. The first-order valence-corrected chi connectivity index (χ1v) is 9.07. The fraction of sp³-hybridized carbons (Fsp3) is 0.263. The first-order chi connectivity index (χ1) is 12.0. The molecular weight excluding hydrogens is 431 g/mol. The highest BCUT2D eigenvalue weighted by molar-refractivity contribution is 14.1. The number of rotatable bonds is 7. The standard InChI is InChI=1S/C19H21IN2O3/c1-13(15-7-3-2-4-8-15)18(24)22-17(12-23)19(25)21-11-14-6-5-9-16(20)10-14/h2-10,13,17,23H,11-12H2,1H3,(H,21,25)(H,22,24)/t13?,17-/m0/s1. The molecule has 0 spiro atoms. The summed E-state index contributed by atoms with van der Waals surface area (Å²) in [6, 6.07) is 16.1. The number of hydrogen-bond acceptors (Lipinski definition) is 3. The summed E-state index contributed by atoms with van der Waals surface area (Å²) in [5, 5.41) is 14.8. The van der Waals surface area contributed by atoms with E-state index < -0.39 is 24.5 Å². The fourth-order valence-corrected chi connectivity index (χ4v) is 2.95. The zero-order valence-electron chi connectivity index (χ0n) is 13.9. The molecule has 0 aliphatic carbocycles. The van der Waals surface area contributed by atoms with Crippen LogP contribution in [-0.4, -0.2) is 29.6 Å². The third kappa shape index (κ3) is 5.82. The van der Waals surface area contributed by atoms with Crippen LogP contribution in [0.5, 0.6) is 0 Å². The molecule has 0 aromatic heterocycles. The van der Waals surface area contributed by atoms with Crippen LogP contribution in [0, 0.1) is 3.57 Å². The third-order valence-electron chi connectivity index (χ3n) is 3.86. The molecule has 2 rings (SSSR count). The molecule has 2 atom stereocenters. The molecule has 0 bridgehead atoms. The van der Waals surface area contributed by atoms with Crippen LogP contribution in [0.15, 0.2) is 54.6 Å². The van der Waals surface area contributed by atoms with Gasteiger partial charge >= 0.3 is 0 Å². The van der Waals surface area contributed by atoms with Gasteiger partial charge < -0.3 is 15.7 Å². The molecule has 132 valence electrons. The van der Waals surface area contributed by atoms with Crippen LogP contribution >= 0.6 is 22.6 Å². The average molecular weight is 452 g/mol. The van der Waals surface area contributed by atoms with Crippen molar-refractivity contribution in [3.05, 3.63) is 69.3 Å². The second-order valence-corrected chi connectivity index (χ2v) is 6.97. The van der Waals surface area contributed by atoms with E-state index in [1.807, 2.05) is 54.6 Å². The minimum Gasteiger partial charge on any atom is -0.394 e. The monoisotopic (exact) mass is 452 g/mol. The molecule has 2 aromatic rings. The lowest BCUT2D eigenvalue weighted by Crippen LogP contribution is -2.49. The number of hydrogen-bond donors (Lipinski definition) is 3. The summed E-state index contributed by atoms with van der Waals surface area (Å²) in [4.78, 5) is 24.6. The van der Waals surface area contributed by atoms with Crippen molar-refractivity contribution in [1.29, 1.82) is 0 Å². The SMILES string of the molecule is CC(C(=O)N[C@@H](CO)C(=O)NCc1cccc(I)c1)c1ccccc1. The van der Waals surface area contributed by atoms with Gasteiger partial charge in [0.1, 0.15) is 6.04 Å². The second-order valence-electron chi connectivity index (χ2n) is 5.72. The maximum absolute atomic E-state index is 12.3. The second kappa shape index (κ2) is 9.53. The van der Waals surface area contributed by atoms with Gasteiger partial charge in [-0.3, -0.25) is 9.59 Å². The molecule has 2 aromatic carbocycles. The quantitative estimate of drug-likeness (QED) is 0.564. The highest BCUT2D eigenvalue weighted by Crippen LogP contribution is 2.14. The number of nitrogens with one attached hydrogen (secondary N) is 2. The number of aliphatic hydroxyl groups is 1. The lowest BCUT2D eigenvalue weighted by atomic mass is 10.00. The predicted octanol–water partition coefficient (Wildman–Crippen LogP) is 2.19. The fourth-order valence-electron chi connectivity index (χ4n) is 2.34. The highest BCUT2D eigenvalue weighted by Gasteiger charge is 2.23. The van der Waals surface area contributed by atoms with Crippen molar-refractivity contribution in [3.63, 3.8) is 0 Å². The van der Waals surface area contributed by atoms with Crippen molar-refractivity contribution >= 4 is 34.4 Å². The summed E-state index contributed by atoms with van der Waals surface area (Å²) in [6.07, 6.45) is 0. The summed E-state index contributed by atoms with van der Waals surface area (Å²) >= 11 is 2.20. The van der Waals surface area contributed by atoms with Crippen LogP contribution in [0.25, 0.3) is 0 Å². The van der Waals surface area contributed by atoms with Crippen molar-refractivity contribution in [1.82, 2.24) is 10.6 Å². The molecule has 6 heteroatoms. The van der Waals surface area contributed by atoms with E-state index in [9.17, 15) is 14.7 Å². The van der Waals surface area contributed by atoms with E-state index in [0.29, 0.717) is 6.54 Å². The van der Waals surface area contributed by atoms with Gasteiger partial charge in [-0.05, 0) is 52.8 Å². The van der Waals surface area contributed by atoms with E-state index in [0.717, 1.165) is 14.7 Å². The van der Waals surface area contributed by atoms with Gasteiger partial charge in [0.15, 0.2) is 0 Å². The van der Waals surface area contributed by atoms with E-state index in [1.165, 1.54) is 0 Å². The van der Waals surface area contributed by atoms with Crippen LogP contribution in [0.3, 0.4) is 0 Å². The van der Waals surface area contributed by atoms with E-state index in [4.69, 9.17) is 0 Å². The summed E-state index contributed by atoms with van der Waals surface area (Å²) < 4.78 is 1.08. The average Bonchev–Trinajstić information content (AvgIpc) is 2.64.